The largest absolute Gasteiger partial charge is 0.395 e. The summed E-state index contributed by atoms with van der Waals surface area (Å²) < 4.78 is 0. The minimum atomic E-state index is -0.324. The molecule has 0 aliphatic carbocycles. The predicted molar refractivity (Wildman–Crippen MR) is 95.2 cm³/mol. The van der Waals surface area contributed by atoms with Crippen LogP contribution in [-0.2, 0) is 6.54 Å². The fraction of sp³-hybridized carbons (Fsp3) is 0.412. The van der Waals surface area contributed by atoms with Gasteiger partial charge in [0.25, 0.3) is 5.69 Å². The number of rotatable bonds is 6. The Labute approximate surface area is 145 Å². The van der Waals surface area contributed by atoms with Gasteiger partial charge in [-0.3, -0.25) is 19.9 Å². The fourth-order valence-electron chi connectivity index (χ4n) is 2.98. The van der Waals surface area contributed by atoms with Gasteiger partial charge in [-0.05, 0) is 18.2 Å². The molecule has 128 valence electrons. The molecule has 2 heterocycles. The van der Waals surface area contributed by atoms with Gasteiger partial charge in [-0.25, -0.2) is 0 Å². The molecule has 1 N–H and O–H groups in total. The molecular weight excluding hydrogens is 326 g/mol. The number of nitro groups is 1. The Kier molecular flexibility index (Phi) is 5.57. The van der Waals surface area contributed by atoms with E-state index in [0.717, 1.165) is 44.1 Å². The van der Waals surface area contributed by atoms with Crippen molar-refractivity contribution in [2.24, 2.45) is 0 Å². The zero-order valence-electron chi connectivity index (χ0n) is 13.4. The first-order valence-corrected chi connectivity index (χ1v) is 8.87. The highest BCUT2D eigenvalue weighted by Gasteiger charge is 2.19. The Bertz CT molecular complexity index is 696. The van der Waals surface area contributed by atoms with Gasteiger partial charge in [-0.2, -0.15) is 0 Å². The van der Waals surface area contributed by atoms with Crippen LogP contribution >= 0.6 is 11.3 Å². The van der Waals surface area contributed by atoms with Gasteiger partial charge in [0.15, 0.2) is 0 Å². The monoisotopic (exact) mass is 347 g/mol. The number of β-amino-alcohol motifs (C(OH)–C–C–N with tert-alkyl or cyclic N) is 1. The summed E-state index contributed by atoms with van der Waals surface area (Å²) in [6, 6.07) is 10.9. The average molecular weight is 347 g/mol. The maximum atomic E-state index is 11.2. The van der Waals surface area contributed by atoms with Crippen LogP contribution in [0, 0.1) is 10.1 Å². The van der Waals surface area contributed by atoms with Crippen molar-refractivity contribution in [2.75, 3.05) is 39.3 Å². The Morgan fingerprint density at radius 2 is 1.79 bits per heavy atom. The number of piperazine rings is 1. The lowest BCUT2D eigenvalue weighted by Gasteiger charge is -2.34. The number of aliphatic hydroxyl groups excluding tert-OH is 1. The Balaban J connectivity index is 1.66. The van der Waals surface area contributed by atoms with Crippen molar-refractivity contribution in [3.63, 3.8) is 0 Å². The van der Waals surface area contributed by atoms with Gasteiger partial charge in [0, 0.05) is 55.1 Å². The topological polar surface area (TPSA) is 69.9 Å². The van der Waals surface area contributed by atoms with Crippen molar-refractivity contribution in [2.45, 2.75) is 6.54 Å². The number of nitrogens with zero attached hydrogens (tertiary/aromatic N) is 3. The van der Waals surface area contributed by atoms with Gasteiger partial charge in [0.1, 0.15) is 0 Å². The second-order valence-electron chi connectivity index (χ2n) is 5.88. The van der Waals surface area contributed by atoms with E-state index >= 15 is 0 Å². The summed E-state index contributed by atoms with van der Waals surface area (Å²) in [5.74, 6) is 0. The third kappa shape index (κ3) is 3.99. The lowest BCUT2D eigenvalue weighted by atomic mass is 10.1. The normalized spacial score (nSPS) is 16.4. The Morgan fingerprint density at radius 1 is 1.08 bits per heavy atom. The molecular formula is C17H21N3O3S. The summed E-state index contributed by atoms with van der Waals surface area (Å²) in [7, 11) is 0. The molecule has 0 bridgehead atoms. The SMILES string of the molecule is O=[N+]([O-])c1ccccc1-c1ccc(CN2CCN(CCO)CC2)s1. The molecule has 24 heavy (non-hydrogen) atoms. The van der Waals surface area contributed by atoms with Crippen LogP contribution in [0.25, 0.3) is 10.4 Å². The van der Waals surface area contributed by atoms with Crippen LogP contribution in [0.3, 0.4) is 0 Å². The molecule has 0 amide bonds. The number of thiophene rings is 1. The van der Waals surface area contributed by atoms with Crippen molar-refractivity contribution in [1.29, 1.82) is 0 Å². The second kappa shape index (κ2) is 7.85. The van der Waals surface area contributed by atoms with Gasteiger partial charge < -0.3 is 5.11 Å². The first-order chi connectivity index (χ1) is 11.7. The van der Waals surface area contributed by atoms with E-state index in [0.29, 0.717) is 5.56 Å². The van der Waals surface area contributed by atoms with E-state index < -0.39 is 0 Å². The molecule has 3 rings (SSSR count). The van der Waals surface area contributed by atoms with E-state index in [1.54, 1.807) is 29.5 Å². The molecule has 1 fully saturated rings. The third-order valence-corrected chi connectivity index (χ3v) is 5.39. The molecule has 0 spiro atoms. The highest BCUT2D eigenvalue weighted by molar-refractivity contribution is 7.15. The maximum absolute atomic E-state index is 11.2. The number of para-hydroxylation sites is 1. The number of aliphatic hydroxyl groups is 1. The zero-order chi connectivity index (χ0) is 16.9. The van der Waals surface area contributed by atoms with Gasteiger partial charge in [-0.15, -0.1) is 11.3 Å². The Morgan fingerprint density at radius 3 is 2.50 bits per heavy atom. The molecule has 7 heteroatoms. The van der Waals surface area contributed by atoms with Crippen molar-refractivity contribution < 1.29 is 10.0 Å². The van der Waals surface area contributed by atoms with Crippen LogP contribution in [0.2, 0.25) is 0 Å². The van der Waals surface area contributed by atoms with E-state index in [2.05, 4.69) is 15.9 Å². The van der Waals surface area contributed by atoms with Crippen molar-refractivity contribution in [3.05, 3.63) is 51.4 Å². The van der Waals surface area contributed by atoms with Crippen LogP contribution in [0.4, 0.5) is 5.69 Å². The summed E-state index contributed by atoms with van der Waals surface area (Å²) in [5, 5.41) is 20.2. The molecule has 0 saturated carbocycles. The molecule has 0 unspecified atom stereocenters. The molecule has 0 radical (unpaired) electrons. The van der Waals surface area contributed by atoms with Gasteiger partial charge in [0.05, 0.1) is 17.1 Å². The lowest BCUT2D eigenvalue weighted by molar-refractivity contribution is -0.384. The fourth-order valence-corrected chi connectivity index (χ4v) is 4.07. The van der Waals surface area contributed by atoms with Crippen LogP contribution in [0.5, 0.6) is 0 Å². The quantitative estimate of drug-likeness (QED) is 0.642. The van der Waals surface area contributed by atoms with Crippen molar-refractivity contribution >= 4 is 17.0 Å². The number of hydrogen-bond donors (Lipinski definition) is 1. The van der Waals surface area contributed by atoms with Gasteiger partial charge in [-0.1, -0.05) is 12.1 Å². The molecule has 6 nitrogen and oxygen atoms in total. The second-order valence-corrected chi connectivity index (χ2v) is 7.05. The van der Waals surface area contributed by atoms with E-state index in [4.69, 9.17) is 5.11 Å². The highest BCUT2D eigenvalue weighted by Crippen LogP contribution is 2.35. The number of benzene rings is 1. The molecule has 0 atom stereocenters. The summed E-state index contributed by atoms with van der Waals surface area (Å²) in [6.45, 7) is 5.75. The minimum absolute atomic E-state index is 0.156. The van der Waals surface area contributed by atoms with Crippen LogP contribution in [0.1, 0.15) is 4.88 Å². The van der Waals surface area contributed by atoms with Crippen LogP contribution in [-0.4, -0.2) is 59.2 Å². The first-order valence-electron chi connectivity index (χ1n) is 8.05. The number of nitro benzene ring substituents is 1. The Hall–Kier alpha value is -1.80. The van der Waals surface area contributed by atoms with Crippen molar-refractivity contribution in [3.8, 4) is 10.4 Å². The van der Waals surface area contributed by atoms with E-state index in [9.17, 15) is 10.1 Å². The average Bonchev–Trinajstić information content (AvgIpc) is 3.05. The minimum Gasteiger partial charge on any atom is -0.395 e. The molecule has 1 aliphatic rings. The first kappa shape index (κ1) is 17.0. The van der Waals surface area contributed by atoms with E-state index in [1.807, 2.05) is 12.1 Å². The van der Waals surface area contributed by atoms with E-state index in [1.165, 1.54) is 4.88 Å². The van der Waals surface area contributed by atoms with E-state index in [-0.39, 0.29) is 17.2 Å². The smallest absolute Gasteiger partial charge is 0.278 e. The summed E-state index contributed by atoms with van der Waals surface area (Å²) in [5.41, 5.74) is 0.843. The predicted octanol–water partition coefficient (Wildman–Crippen LogP) is 2.43. The summed E-state index contributed by atoms with van der Waals surface area (Å²) in [6.07, 6.45) is 0. The van der Waals surface area contributed by atoms with Gasteiger partial charge in [0.2, 0.25) is 0 Å². The zero-order valence-corrected chi connectivity index (χ0v) is 14.2. The van der Waals surface area contributed by atoms with Gasteiger partial charge >= 0.3 is 0 Å². The maximum Gasteiger partial charge on any atom is 0.278 e. The molecule has 2 aromatic rings. The summed E-state index contributed by atoms with van der Waals surface area (Å²) >= 11 is 1.62. The number of hydrogen-bond acceptors (Lipinski definition) is 6. The molecule has 1 aliphatic heterocycles. The molecule has 1 saturated heterocycles. The third-order valence-electron chi connectivity index (χ3n) is 4.29. The van der Waals surface area contributed by atoms with Crippen molar-refractivity contribution in [1.82, 2.24) is 9.80 Å². The summed E-state index contributed by atoms with van der Waals surface area (Å²) in [4.78, 5) is 17.7. The molecule has 1 aromatic heterocycles. The van der Waals surface area contributed by atoms with Crippen LogP contribution in [0.15, 0.2) is 36.4 Å². The standard InChI is InChI=1S/C17H21N3O3S/c21-12-11-18-7-9-19(10-8-18)13-14-5-6-17(24-14)15-3-1-2-4-16(15)20(22)23/h1-6,21H,7-13H2. The molecule has 1 aromatic carbocycles. The van der Waals surface area contributed by atoms with Crippen LogP contribution < -0.4 is 0 Å². The highest BCUT2D eigenvalue weighted by atomic mass is 32.1. The lowest BCUT2D eigenvalue weighted by Crippen LogP contribution is -2.46.